The van der Waals surface area contributed by atoms with Gasteiger partial charge in [0.1, 0.15) is 11.7 Å². The van der Waals surface area contributed by atoms with Gasteiger partial charge in [-0.05, 0) is 55.6 Å². The van der Waals surface area contributed by atoms with Gasteiger partial charge in [-0.25, -0.2) is 4.79 Å². The zero-order valence-corrected chi connectivity index (χ0v) is 15.2. The average molecular weight is 351 g/mol. The van der Waals surface area contributed by atoms with Gasteiger partial charge in [0.15, 0.2) is 11.5 Å². The predicted molar refractivity (Wildman–Crippen MR) is 95.7 cm³/mol. The quantitative estimate of drug-likeness (QED) is 0.736. The van der Waals surface area contributed by atoms with Crippen molar-refractivity contribution in [3.63, 3.8) is 0 Å². The van der Waals surface area contributed by atoms with Crippen molar-refractivity contribution >= 4 is 5.97 Å². The number of carbonyl (C=O) groups excluding carboxylic acids is 1. The highest BCUT2D eigenvalue weighted by Crippen LogP contribution is 2.50. The fourth-order valence-corrected chi connectivity index (χ4v) is 4.37. The van der Waals surface area contributed by atoms with E-state index in [1.54, 1.807) is 0 Å². The van der Waals surface area contributed by atoms with Crippen molar-refractivity contribution in [1.82, 2.24) is 4.90 Å². The number of hydrogen-bond donors (Lipinski definition) is 0. The summed E-state index contributed by atoms with van der Waals surface area (Å²) in [5.74, 6) is 0.815. The van der Waals surface area contributed by atoms with Crippen LogP contribution in [0, 0.1) is 13.8 Å². The molecule has 2 aromatic carbocycles. The summed E-state index contributed by atoms with van der Waals surface area (Å²) in [5.41, 5.74) is 6.58. The Labute approximate surface area is 152 Å². The van der Waals surface area contributed by atoms with Crippen LogP contribution < -0.4 is 9.47 Å². The summed E-state index contributed by atoms with van der Waals surface area (Å²) < 4.78 is 16.8. The number of carbonyl (C=O) groups is 1. The molecule has 3 aliphatic rings. The van der Waals surface area contributed by atoms with Crippen LogP contribution in [-0.2, 0) is 11.2 Å². The van der Waals surface area contributed by atoms with E-state index in [1.807, 2.05) is 12.1 Å². The lowest BCUT2D eigenvalue weighted by molar-refractivity contribution is 0.00933. The molecule has 0 aliphatic carbocycles. The Hall–Kier alpha value is -2.53. The monoisotopic (exact) mass is 351 g/mol. The number of nitrogens with zero attached hydrogens (tertiary/aromatic N) is 1. The number of benzene rings is 2. The van der Waals surface area contributed by atoms with Crippen LogP contribution in [0.1, 0.15) is 50.3 Å². The lowest BCUT2D eigenvalue weighted by Gasteiger charge is -2.38. The minimum atomic E-state index is -0.335. The van der Waals surface area contributed by atoms with E-state index >= 15 is 0 Å². The second-order valence-corrected chi connectivity index (χ2v) is 7.40. The third-order valence-corrected chi connectivity index (χ3v) is 5.89. The van der Waals surface area contributed by atoms with Gasteiger partial charge in [0.05, 0.1) is 6.04 Å². The lowest BCUT2D eigenvalue weighted by Crippen LogP contribution is -2.36. The van der Waals surface area contributed by atoms with Gasteiger partial charge in [0.25, 0.3) is 0 Å². The number of ether oxygens (including phenoxy) is 3. The highest BCUT2D eigenvalue weighted by Gasteiger charge is 2.44. The van der Waals surface area contributed by atoms with Crippen molar-refractivity contribution in [1.29, 1.82) is 0 Å². The van der Waals surface area contributed by atoms with E-state index in [0.717, 1.165) is 18.5 Å². The van der Waals surface area contributed by atoms with Crippen molar-refractivity contribution < 1.29 is 19.0 Å². The summed E-state index contributed by atoms with van der Waals surface area (Å²) in [6.45, 7) is 5.37. The van der Waals surface area contributed by atoms with Crippen LogP contribution in [-0.4, -0.2) is 31.3 Å². The Balaban J connectivity index is 1.65. The third-order valence-electron chi connectivity index (χ3n) is 5.89. The van der Waals surface area contributed by atoms with Crippen LogP contribution in [0.2, 0.25) is 0 Å². The van der Waals surface area contributed by atoms with Gasteiger partial charge in [0, 0.05) is 12.1 Å². The summed E-state index contributed by atoms with van der Waals surface area (Å²) in [7, 11) is 2.10. The van der Waals surface area contributed by atoms with E-state index in [4.69, 9.17) is 14.2 Å². The Morgan fingerprint density at radius 2 is 1.88 bits per heavy atom. The zero-order chi connectivity index (χ0) is 18.0. The Morgan fingerprint density at radius 1 is 1.08 bits per heavy atom. The molecule has 0 fully saturated rings. The lowest BCUT2D eigenvalue weighted by atomic mass is 9.84. The molecule has 0 radical (unpaired) electrons. The van der Waals surface area contributed by atoms with Crippen LogP contribution >= 0.6 is 0 Å². The van der Waals surface area contributed by atoms with E-state index in [0.29, 0.717) is 17.1 Å². The fraction of sp³-hybridized carbons (Fsp3) is 0.381. The van der Waals surface area contributed by atoms with Crippen LogP contribution in [0.3, 0.4) is 0 Å². The van der Waals surface area contributed by atoms with Gasteiger partial charge < -0.3 is 14.2 Å². The molecule has 26 heavy (non-hydrogen) atoms. The first-order valence-corrected chi connectivity index (χ1v) is 8.98. The molecule has 0 saturated carbocycles. The van der Waals surface area contributed by atoms with E-state index in [1.165, 1.54) is 22.3 Å². The zero-order valence-electron chi connectivity index (χ0n) is 15.2. The Morgan fingerprint density at radius 3 is 2.73 bits per heavy atom. The highest BCUT2D eigenvalue weighted by molar-refractivity contribution is 5.98. The molecule has 3 heterocycles. The molecular formula is C21H21NO4. The summed E-state index contributed by atoms with van der Waals surface area (Å²) >= 11 is 0. The molecule has 0 amide bonds. The largest absolute Gasteiger partial charge is 0.454 e. The number of likely N-dealkylation sites (N-methyl/N-ethyl adjacent to an activating group) is 1. The maximum absolute atomic E-state index is 12.6. The Kier molecular flexibility index (Phi) is 3.31. The molecule has 134 valence electrons. The third kappa shape index (κ3) is 2.10. The minimum absolute atomic E-state index is 0.00335. The molecule has 2 aromatic rings. The minimum Gasteiger partial charge on any atom is -0.454 e. The van der Waals surface area contributed by atoms with Gasteiger partial charge in [-0.15, -0.1) is 0 Å². The number of hydrogen-bond acceptors (Lipinski definition) is 5. The van der Waals surface area contributed by atoms with E-state index < -0.39 is 0 Å². The van der Waals surface area contributed by atoms with Gasteiger partial charge in [-0.1, -0.05) is 18.2 Å². The van der Waals surface area contributed by atoms with Gasteiger partial charge >= 0.3 is 5.97 Å². The second kappa shape index (κ2) is 5.48. The number of aryl methyl sites for hydroxylation is 2. The SMILES string of the molecule is Cc1cc2c(cc1C)[C@@H](C1OC(=O)c3c1ccc1c3OCO1)N(C)CC2. The van der Waals surface area contributed by atoms with Crippen molar-refractivity contribution in [3.8, 4) is 11.5 Å². The molecule has 3 aliphatic heterocycles. The first kappa shape index (κ1) is 15.7. The predicted octanol–water partition coefficient (Wildman–Crippen LogP) is 3.47. The van der Waals surface area contributed by atoms with E-state index in [-0.39, 0.29) is 24.9 Å². The standard InChI is InChI=1S/C21H21NO4/c1-11-8-13-6-7-22(3)18(15(13)9-12(11)2)19-14-4-5-16-20(25-10-24-16)17(14)21(23)26-19/h4-5,8-9,18-19H,6-7,10H2,1-3H3/t18-,19?/m0/s1. The van der Waals surface area contributed by atoms with Crippen LogP contribution in [0.25, 0.3) is 0 Å². The molecule has 0 saturated heterocycles. The molecular weight excluding hydrogens is 330 g/mol. The number of cyclic esters (lactones) is 1. The summed E-state index contributed by atoms with van der Waals surface area (Å²) in [4.78, 5) is 14.9. The molecule has 1 unspecified atom stereocenters. The van der Waals surface area contributed by atoms with Crippen molar-refractivity contribution in [2.45, 2.75) is 32.4 Å². The van der Waals surface area contributed by atoms with Crippen molar-refractivity contribution in [2.24, 2.45) is 0 Å². The summed E-state index contributed by atoms with van der Waals surface area (Å²) in [5, 5.41) is 0. The summed E-state index contributed by atoms with van der Waals surface area (Å²) in [6, 6.07) is 8.36. The van der Waals surface area contributed by atoms with Crippen LogP contribution in [0.4, 0.5) is 0 Å². The molecule has 5 nitrogen and oxygen atoms in total. The average Bonchev–Trinajstić information content (AvgIpc) is 3.21. The van der Waals surface area contributed by atoms with Gasteiger partial charge in [-0.2, -0.15) is 0 Å². The molecule has 0 bridgehead atoms. The number of rotatable bonds is 1. The van der Waals surface area contributed by atoms with Crippen molar-refractivity contribution in [3.05, 3.63) is 57.6 Å². The number of fused-ring (bicyclic) bond motifs is 4. The first-order valence-electron chi connectivity index (χ1n) is 8.98. The van der Waals surface area contributed by atoms with E-state index in [2.05, 4.69) is 37.9 Å². The van der Waals surface area contributed by atoms with Crippen molar-refractivity contribution in [2.75, 3.05) is 20.4 Å². The first-order chi connectivity index (χ1) is 12.5. The number of esters is 1. The highest BCUT2D eigenvalue weighted by atomic mass is 16.7. The molecule has 0 aromatic heterocycles. The fourth-order valence-electron chi connectivity index (χ4n) is 4.37. The topological polar surface area (TPSA) is 48.0 Å². The summed E-state index contributed by atoms with van der Waals surface area (Å²) in [6.07, 6.45) is 0.677. The smallest absolute Gasteiger partial charge is 0.343 e. The second-order valence-electron chi connectivity index (χ2n) is 7.40. The molecule has 5 heteroatoms. The normalized spacial score (nSPS) is 23.6. The molecule has 2 atom stereocenters. The van der Waals surface area contributed by atoms with Gasteiger partial charge in [0.2, 0.25) is 6.79 Å². The maximum atomic E-state index is 12.6. The molecule has 0 spiro atoms. The molecule has 5 rings (SSSR count). The van der Waals surface area contributed by atoms with Crippen LogP contribution in [0.15, 0.2) is 24.3 Å². The Bertz CT molecular complexity index is 936. The van der Waals surface area contributed by atoms with Crippen LogP contribution in [0.5, 0.6) is 11.5 Å². The van der Waals surface area contributed by atoms with E-state index in [9.17, 15) is 4.79 Å². The van der Waals surface area contributed by atoms with Gasteiger partial charge in [-0.3, -0.25) is 4.90 Å². The maximum Gasteiger partial charge on any atom is 0.343 e. The molecule has 0 N–H and O–H groups in total.